The van der Waals surface area contributed by atoms with Gasteiger partial charge in [0, 0.05) is 6.42 Å². The number of nitrogens with two attached hydrogens (primary N) is 2. The Morgan fingerprint density at radius 1 is 1.34 bits per heavy atom. The van der Waals surface area contributed by atoms with Crippen LogP contribution in [0.5, 0.6) is 0 Å². The number of aliphatic carboxylic acids is 1. The minimum atomic E-state index is -4.92. The highest BCUT2D eigenvalue weighted by Crippen LogP contribution is 2.32. The van der Waals surface area contributed by atoms with Crippen LogP contribution in [-0.2, 0) is 30.8 Å². The largest absolute Gasteiger partial charge is 0.726 e. The molecule has 0 bridgehead atoms. The van der Waals surface area contributed by atoms with Gasteiger partial charge in [-0.05, 0) is 10.9 Å². The summed E-state index contributed by atoms with van der Waals surface area (Å²) in [6.45, 7) is 0. The molecular weight excluding hydrogens is 472 g/mol. The van der Waals surface area contributed by atoms with Gasteiger partial charge in [-0.1, -0.05) is 0 Å². The zero-order chi connectivity index (χ0) is 24.2. The minimum Gasteiger partial charge on any atom is -0.726 e. The topological polar surface area (TPSA) is 260 Å². The first-order chi connectivity index (χ1) is 14.8. The molecular formula is C15H24N6O9S2. The molecule has 2 aromatic rings. The number of aliphatic hydroxyl groups is 2. The molecule has 8 N–H and O–H groups in total. The van der Waals surface area contributed by atoms with Gasteiger partial charge in [-0.15, -0.1) is 0 Å². The average Bonchev–Trinajstić information content (AvgIpc) is 3.22. The van der Waals surface area contributed by atoms with Gasteiger partial charge in [-0.3, -0.25) is 13.9 Å². The van der Waals surface area contributed by atoms with Crippen LogP contribution >= 0.6 is 0 Å². The standard InChI is InChI=1S/C15H22N6O5S.H2O4S/c1-27(3-2-7(16)15(24)25)4-8-10(22)11(23)14(26-8)21-6-20-9-12(17)18-5-19-13(9)21;1-5(2,3)4/h5-8,10-11,14,22-23H,2-4,16H2,1H3,(H2-,17,18,19,24,25);(H2,1,2,3,4)/t7-,8+,10+,11+,14+,27?;/m0./s1. The number of ether oxygens (including phenoxy) is 1. The van der Waals surface area contributed by atoms with E-state index in [4.69, 9.17) is 38.8 Å². The normalized spacial score (nSPS) is 25.2. The molecule has 6 atom stereocenters. The third-order valence-electron chi connectivity index (χ3n) is 4.54. The van der Waals surface area contributed by atoms with Gasteiger partial charge in [-0.2, -0.15) is 0 Å². The van der Waals surface area contributed by atoms with Crippen molar-refractivity contribution in [1.29, 1.82) is 0 Å². The van der Waals surface area contributed by atoms with E-state index in [9.17, 15) is 15.0 Å². The molecule has 0 aliphatic carbocycles. The molecule has 0 amide bonds. The van der Waals surface area contributed by atoms with Crippen LogP contribution in [0.15, 0.2) is 12.7 Å². The highest BCUT2D eigenvalue weighted by molar-refractivity contribution is 7.96. The van der Waals surface area contributed by atoms with Crippen molar-refractivity contribution in [2.45, 2.75) is 37.0 Å². The van der Waals surface area contributed by atoms with Gasteiger partial charge >= 0.3 is 5.97 Å². The molecule has 1 aliphatic rings. The maximum atomic E-state index is 10.8. The van der Waals surface area contributed by atoms with E-state index in [1.54, 1.807) is 0 Å². The van der Waals surface area contributed by atoms with Crippen LogP contribution in [0, 0.1) is 0 Å². The van der Waals surface area contributed by atoms with Crippen LogP contribution < -0.4 is 11.5 Å². The number of anilines is 1. The van der Waals surface area contributed by atoms with E-state index in [1.807, 2.05) is 6.26 Å². The van der Waals surface area contributed by atoms with Crippen molar-refractivity contribution in [3.63, 3.8) is 0 Å². The first kappa shape index (κ1) is 26.1. The van der Waals surface area contributed by atoms with E-state index in [2.05, 4.69) is 15.0 Å². The lowest BCUT2D eigenvalue weighted by molar-refractivity contribution is -0.138. The van der Waals surface area contributed by atoms with E-state index in [0.717, 1.165) is 0 Å². The number of aliphatic hydroxyl groups excluding tert-OH is 2. The number of hydrogen-bond acceptors (Lipinski definition) is 12. The Hall–Kier alpha value is -2.12. The number of fused-ring (bicyclic) bond motifs is 1. The van der Waals surface area contributed by atoms with Crippen molar-refractivity contribution in [1.82, 2.24) is 19.5 Å². The lowest BCUT2D eigenvalue weighted by atomic mass is 10.1. The first-order valence-electron chi connectivity index (χ1n) is 9.00. The summed E-state index contributed by atoms with van der Waals surface area (Å²) in [6.07, 6.45) is 1.31. The quantitative estimate of drug-likeness (QED) is 0.127. The summed E-state index contributed by atoms with van der Waals surface area (Å²) >= 11 is 0. The molecule has 1 fully saturated rings. The summed E-state index contributed by atoms with van der Waals surface area (Å²) < 4.78 is 40.2. The summed E-state index contributed by atoms with van der Waals surface area (Å²) in [7, 11) is -5.15. The number of rotatable bonds is 7. The summed E-state index contributed by atoms with van der Waals surface area (Å²) in [5.41, 5.74) is 12.1. The second-order valence-electron chi connectivity index (χ2n) is 6.94. The fourth-order valence-electron chi connectivity index (χ4n) is 2.97. The van der Waals surface area contributed by atoms with Gasteiger partial charge in [0.2, 0.25) is 10.4 Å². The molecule has 1 saturated heterocycles. The lowest BCUT2D eigenvalue weighted by Crippen LogP contribution is -2.37. The summed E-state index contributed by atoms with van der Waals surface area (Å²) in [5, 5.41) is 29.7. The fourth-order valence-corrected chi connectivity index (χ4v) is 4.63. The molecule has 0 spiro atoms. The molecule has 0 saturated carbocycles. The maximum absolute atomic E-state index is 10.8. The highest BCUT2D eigenvalue weighted by Gasteiger charge is 2.46. The highest BCUT2D eigenvalue weighted by atomic mass is 32.3. The summed E-state index contributed by atoms with van der Waals surface area (Å²) in [4.78, 5) is 23.0. The van der Waals surface area contributed by atoms with Crippen LogP contribution in [0.3, 0.4) is 0 Å². The molecule has 1 aliphatic heterocycles. The monoisotopic (exact) mass is 496 g/mol. The summed E-state index contributed by atoms with van der Waals surface area (Å²) in [6, 6.07) is -0.907. The number of carbonyl (C=O) groups is 1. The molecule has 3 rings (SSSR count). The van der Waals surface area contributed by atoms with Crippen molar-refractivity contribution in [2.75, 3.05) is 23.5 Å². The van der Waals surface area contributed by atoms with Crippen LogP contribution in [0.4, 0.5) is 5.82 Å². The Labute approximate surface area is 185 Å². The van der Waals surface area contributed by atoms with E-state index >= 15 is 0 Å². The van der Waals surface area contributed by atoms with Crippen molar-refractivity contribution in [2.24, 2.45) is 5.73 Å². The molecule has 17 heteroatoms. The van der Waals surface area contributed by atoms with Gasteiger partial charge in [-0.25, -0.2) is 23.4 Å². The third kappa shape index (κ3) is 6.94. The minimum absolute atomic E-state index is 0.216. The molecule has 15 nitrogen and oxygen atoms in total. The zero-order valence-corrected chi connectivity index (χ0v) is 18.4. The van der Waals surface area contributed by atoms with Crippen molar-refractivity contribution in [3.05, 3.63) is 12.7 Å². The number of nitrogens with zero attached hydrogens (tertiary/aromatic N) is 4. The number of imidazole rings is 1. The Morgan fingerprint density at radius 2 is 1.97 bits per heavy atom. The predicted molar refractivity (Wildman–Crippen MR) is 111 cm³/mol. The van der Waals surface area contributed by atoms with Crippen molar-refractivity contribution >= 4 is 44.2 Å². The second-order valence-corrected chi connectivity index (χ2v) is 10.1. The van der Waals surface area contributed by atoms with E-state index < -0.39 is 46.9 Å². The number of carboxylic acids is 1. The molecule has 180 valence electrons. The van der Waals surface area contributed by atoms with E-state index in [-0.39, 0.29) is 16.7 Å². The van der Waals surface area contributed by atoms with Crippen LogP contribution in [0.1, 0.15) is 12.6 Å². The predicted octanol–water partition coefficient (Wildman–Crippen LogP) is -2.92. The molecule has 1 unspecified atom stereocenters. The average molecular weight is 497 g/mol. The second kappa shape index (κ2) is 10.7. The third-order valence-corrected chi connectivity index (χ3v) is 6.37. The zero-order valence-electron chi connectivity index (χ0n) is 16.8. The number of carboxylic acid groups (broad SMARTS) is 1. The Balaban J connectivity index is 0.000000654. The molecule has 2 aromatic heterocycles. The van der Waals surface area contributed by atoms with Gasteiger partial charge in [0.25, 0.3) is 0 Å². The van der Waals surface area contributed by atoms with Crippen LogP contribution in [-0.4, -0.2) is 100 Å². The lowest BCUT2D eigenvalue weighted by Gasteiger charge is -2.16. The van der Waals surface area contributed by atoms with Gasteiger partial charge < -0.3 is 36.1 Å². The smallest absolute Gasteiger partial charge is 0.320 e. The fraction of sp³-hybridized carbons (Fsp3) is 0.600. The maximum Gasteiger partial charge on any atom is 0.320 e. The molecule has 32 heavy (non-hydrogen) atoms. The summed E-state index contributed by atoms with van der Waals surface area (Å²) in [5.74, 6) is 0.254. The Kier molecular flexibility index (Phi) is 8.71. The van der Waals surface area contributed by atoms with Gasteiger partial charge in [0.15, 0.2) is 17.7 Å². The van der Waals surface area contributed by atoms with Gasteiger partial charge in [0.1, 0.15) is 47.7 Å². The van der Waals surface area contributed by atoms with E-state index in [0.29, 0.717) is 29.1 Å². The van der Waals surface area contributed by atoms with Crippen LogP contribution in [0.2, 0.25) is 0 Å². The Morgan fingerprint density at radius 3 is 2.56 bits per heavy atom. The number of nitrogen functional groups attached to an aromatic ring is 1. The Bertz CT molecular complexity index is 1030. The van der Waals surface area contributed by atoms with Crippen LogP contribution in [0.25, 0.3) is 11.2 Å². The molecule has 0 aromatic carbocycles. The van der Waals surface area contributed by atoms with Crippen molar-refractivity contribution in [3.8, 4) is 0 Å². The van der Waals surface area contributed by atoms with Gasteiger partial charge in [0.05, 0.1) is 12.6 Å². The molecule has 3 heterocycles. The number of aromatic nitrogens is 4. The molecule has 0 radical (unpaired) electrons. The number of hydrogen-bond donors (Lipinski definition) is 6. The van der Waals surface area contributed by atoms with Crippen molar-refractivity contribution < 1.29 is 42.4 Å². The SMILES string of the molecule is C[S+](CC[C@H](N)C(=O)O)C[C@H]1O[C@@H](n2cnc3c(N)ncnc32)[C@H](O)[C@@H]1O.O=S(=O)([O-])O. The van der Waals surface area contributed by atoms with E-state index in [1.165, 1.54) is 17.2 Å². The first-order valence-corrected chi connectivity index (χ1v) is 12.3.